The molecule has 18 nitrogen and oxygen atoms in total. The number of piperidine rings is 2. The fraction of sp³-hybridized carbons (Fsp3) is 0.407. The lowest BCUT2D eigenvalue weighted by Crippen LogP contribution is -2.54. The Morgan fingerprint density at radius 1 is 0.811 bits per heavy atom. The van der Waals surface area contributed by atoms with Crippen LogP contribution in [0.3, 0.4) is 0 Å². The summed E-state index contributed by atoms with van der Waals surface area (Å²) in [5.74, 6) is -2.31. The van der Waals surface area contributed by atoms with Gasteiger partial charge in [-0.3, -0.25) is 43.9 Å². The van der Waals surface area contributed by atoms with Crippen molar-refractivity contribution in [3.05, 3.63) is 118 Å². The molecule has 0 spiro atoms. The van der Waals surface area contributed by atoms with E-state index < -0.39 is 35.7 Å². The monoisotopic (exact) mass is 1030 g/mol. The first-order valence-corrected chi connectivity index (χ1v) is 25.6. The average Bonchev–Trinajstić information content (AvgIpc) is 4.05. The number of piperazine rings is 1. The van der Waals surface area contributed by atoms with Gasteiger partial charge in [0.05, 0.1) is 41.4 Å². The molecule has 2 aromatic heterocycles. The van der Waals surface area contributed by atoms with E-state index in [0.29, 0.717) is 92.5 Å². The SMILES string of the molecule is O=C1CCC(N2C(=O)C3=CC(=O)C(N4CCN(CC5CCN(C(=O)COCCOCCCc6ccc(-c7nn(-c8nc9cc(Cl)ccc9[nH]8)c(O)c7CCc7ccc(F)cc7)cc6)CC5)CC4)C=C3C2=O)C(=O)N1. The number of hydrogen-bond acceptors (Lipinski definition) is 13. The van der Waals surface area contributed by atoms with E-state index in [4.69, 9.17) is 26.2 Å². The summed E-state index contributed by atoms with van der Waals surface area (Å²) < 4.78 is 26.5. The molecule has 5 aliphatic rings. The van der Waals surface area contributed by atoms with Crippen LogP contribution in [-0.2, 0) is 57.5 Å². The molecular weight excluding hydrogens is 973 g/mol. The smallest absolute Gasteiger partial charge is 0.262 e. The van der Waals surface area contributed by atoms with E-state index in [1.807, 2.05) is 40.1 Å². The first-order valence-electron chi connectivity index (χ1n) is 25.3. The second kappa shape index (κ2) is 22.3. The van der Waals surface area contributed by atoms with Crippen LogP contribution >= 0.6 is 11.6 Å². The number of imidazole rings is 1. The quantitative estimate of drug-likeness (QED) is 0.0817. The number of nitrogens with one attached hydrogen (secondary N) is 2. The molecule has 20 heteroatoms. The Kier molecular flexibility index (Phi) is 15.3. The average molecular weight is 1030 g/mol. The number of hydrogen-bond donors (Lipinski definition) is 3. The van der Waals surface area contributed by atoms with Crippen molar-refractivity contribution in [3.8, 4) is 23.1 Å². The highest BCUT2D eigenvalue weighted by molar-refractivity contribution is 6.31. The normalized spacial score (nSPS) is 20.1. The number of carbonyl (C=O) groups excluding carboxylic acids is 6. The third kappa shape index (κ3) is 11.1. The molecule has 1 aliphatic carbocycles. The molecule has 4 saturated heterocycles. The van der Waals surface area contributed by atoms with Crippen molar-refractivity contribution in [2.45, 2.75) is 63.5 Å². The number of likely N-dealkylation sites (tertiary alicyclic amines) is 2. The van der Waals surface area contributed by atoms with Gasteiger partial charge < -0.3 is 29.4 Å². The molecule has 3 aromatic carbocycles. The minimum Gasteiger partial charge on any atom is -0.493 e. The van der Waals surface area contributed by atoms with E-state index in [0.717, 1.165) is 72.4 Å². The van der Waals surface area contributed by atoms with E-state index >= 15 is 0 Å². The molecule has 5 aromatic rings. The standard InChI is InChI=1S/C54H57ClFN9O9/c55-37-10-14-42-43(28-37)58-54(57-42)65-53(72)39(13-7-34-5-11-38(56)12-6-34)49(60-65)36-8-3-33(4-9-36)2-1-25-73-26-27-74-32-48(68)63-19-17-35(18-20-63)31-61-21-23-62(24-22-61)45-29-40-41(30-46(45)66)52(71)64(51(40)70)44-15-16-47(67)59-50(44)69/h3-6,8-12,14,28-30,35,44-45,72H,1-2,7,13,15-27,31-32H2,(H,57,58)(H,59,67,69). The molecule has 4 fully saturated rings. The molecule has 10 rings (SSSR count). The number of ether oxygens (including phenoxy) is 2. The molecule has 2 unspecified atom stereocenters. The number of aromatic hydroxyl groups is 1. The number of carbonyl (C=O) groups is 6. The van der Waals surface area contributed by atoms with Crippen molar-refractivity contribution in [2.75, 3.05) is 72.2 Å². The van der Waals surface area contributed by atoms with E-state index in [-0.39, 0.29) is 54.0 Å². The van der Waals surface area contributed by atoms with Gasteiger partial charge in [-0.2, -0.15) is 9.78 Å². The maximum absolute atomic E-state index is 13.6. The summed E-state index contributed by atoms with van der Waals surface area (Å²) >= 11 is 6.20. The Morgan fingerprint density at radius 3 is 2.28 bits per heavy atom. The van der Waals surface area contributed by atoms with Crippen LogP contribution in [0.1, 0.15) is 48.8 Å². The van der Waals surface area contributed by atoms with Crippen LogP contribution in [0.2, 0.25) is 5.02 Å². The van der Waals surface area contributed by atoms with Crippen LogP contribution < -0.4 is 5.32 Å². The van der Waals surface area contributed by atoms with Gasteiger partial charge in [0.25, 0.3) is 11.8 Å². The lowest BCUT2D eigenvalue weighted by atomic mass is 9.93. The van der Waals surface area contributed by atoms with Crippen molar-refractivity contribution in [1.29, 1.82) is 0 Å². The van der Waals surface area contributed by atoms with Gasteiger partial charge in [0, 0.05) is 75.0 Å². The number of aryl methyl sites for hydroxylation is 2. The molecule has 386 valence electrons. The zero-order valence-electron chi connectivity index (χ0n) is 40.8. The molecule has 2 atom stereocenters. The molecule has 3 N–H and O–H groups in total. The third-order valence-electron chi connectivity index (χ3n) is 14.6. The summed E-state index contributed by atoms with van der Waals surface area (Å²) in [6.07, 6.45) is 7.21. The van der Waals surface area contributed by atoms with Gasteiger partial charge in [0.2, 0.25) is 29.5 Å². The first-order chi connectivity index (χ1) is 35.9. The van der Waals surface area contributed by atoms with Crippen molar-refractivity contribution in [3.63, 3.8) is 0 Å². The van der Waals surface area contributed by atoms with Gasteiger partial charge in [-0.25, -0.2) is 9.37 Å². The Labute approximate surface area is 431 Å². The summed E-state index contributed by atoms with van der Waals surface area (Å²) in [5, 5.41) is 19.1. The molecular formula is C54H57ClFN9O9. The number of ketones is 1. The molecule has 5 amide bonds. The highest BCUT2D eigenvalue weighted by Crippen LogP contribution is 2.35. The topological polar surface area (TPSA) is 213 Å². The van der Waals surface area contributed by atoms with Crippen molar-refractivity contribution >= 4 is 58.0 Å². The molecule has 0 bridgehead atoms. The van der Waals surface area contributed by atoms with Gasteiger partial charge in [0.1, 0.15) is 24.2 Å². The number of nitrogens with zero attached hydrogens (tertiary/aromatic N) is 7. The van der Waals surface area contributed by atoms with Crippen molar-refractivity contribution < 1.29 is 47.7 Å². The van der Waals surface area contributed by atoms with Crippen molar-refractivity contribution in [1.82, 2.24) is 44.7 Å². The molecule has 6 heterocycles. The number of fused-ring (bicyclic) bond motifs is 2. The molecule has 0 saturated carbocycles. The Balaban J connectivity index is 0.617. The van der Waals surface area contributed by atoms with Crippen LogP contribution in [0, 0.1) is 11.7 Å². The minimum atomic E-state index is -1.09. The van der Waals surface area contributed by atoms with Gasteiger partial charge in [-0.15, -0.1) is 0 Å². The van der Waals surface area contributed by atoms with Crippen LogP contribution in [0.5, 0.6) is 5.88 Å². The fourth-order valence-electron chi connectivity index (χ4n) is 10.5. The highest BCUT2D eigenvalue weighted by atomic mass is 35.5. The van der Waals surface area contributed by atoms with Gasteiger partial charge in [0.15, 0.2) is 5.78 Å². The number of H-pyrrole nitrogens is 1. The number of aromatic amines is 1. The zero-order chi connectivity index (χ0) is 51.5. The minimum absolute atomic E-state index is 0.000882. The number of halogens is 2. The van der Waals surface area contributed by atoms with Gasteiger partial charge in [-0.1, -0.05) is 48.0 Å². The van der Waals surface area contributed by atoms with Gasteiger partial charge in [-0.05, 0) is 104 Å². The number of aromatic nitrogens is 4. The Hall–Kier alpha value is -6.90. The highest BCUT2D eigenvalue weighted by Gasteiger charge is 2.49. The maximum Gasteiger partial charge on any atom is 0.262 e. The van der Waals surface area contributed by atoms with E-state index in [1.165, 1.54) is 22.9 Å². The van der Waals surface area contributed by atoms with Crippen molar-refractivity contribution in [2.24, 2.45) is 5.92 Å². The predicted octanol–water partition coefficient (Wildman–Crippen LogP) is 4.50. The second-order valence-electron chi connectivity index (χ2n) is 19.5. The molecule has 0 radical (unpaired) electrons. The van der Waals surface area contributed by atoms with Crippen LogP contribution in [-0.4, -0.2) is 164 Å². The largest absolute Gasteiger partial charge is 0.493 e. The predicted molar refractivity (Wildman–Crippen MR) is 269 cm³/mol. The Morgan fingerprint density at radius 2 is 1.53 bits per heavy atom. The lowest BCUT2D eigenvalue weighted by molar-refractivity contribution is -0.149. The van der Waals surface area contributed by atoms with E-state index in [9.17, 15) is 38.3 Å². The first kappa shape index (κ1) is 50.6. The third-order valence-corrected chi connectivity index (χ3v) is 14.9. The van der Waals surface area contributed by atoms with E-state index in [2.05, 4.69) is 20.2 Å². The zero-order valence-corrected chi connectivity index (χ0v) is 41.5. The molecule has 4 aliphatic heterocycles. The number of benzene rings is 3. The summed E-state index contributed by atoms with van der Waals surface area (Å²) in [7, 11) is 0. The number of imide groups is 2. The summed E-state index contributed by atoms with van der Waals surface area (Å²) in [5.41, 5.74) is 5.67. The van der Waals surface area contributed by atoms with Crippen LogP contribution in [0.25, 0.3) is 28.2 Å². The second-order valence-corrected chi connectivity index (χ2v) is 19.9. The van der Waals surface area contributed by atoms with Crippen LogP contribution in [0.4, 0.5) is 4.39 Å². The summed E-state index contributed by atoms with van der Waals surface area (Å²) in [6.45, 7) is 6.08. The Bertz CT molecular complexity index is 3030. The number of amides is 5. The number of rotatable bonds is 18. The fourth-order valence-corrected chi connectivity index (χ4v) is 10.7. The van der Waals surface area contributed by atoms with Gasteiger partial charge >= 0.3 is 0 Å². The molecule has 74 heavy (non-hydrogen) atoms. The van der Waals surface area contributed by atoms with Crippen LogP contribution in [0.15, 0.2) is 90.0 Å². The lowest BCUT2D eigenvalue weighted by Gasteiger charge is -2.40. The summed E-state index contributed by atoms with van der Waals surface area (Å²) in [6, 6.07) is 18.0. The van der Waals surface area contributed by atoms with E-state index in [1.54, 1.807) is 30.3 Å². The maximum atomic E-state index is 13.6. The summed E-state index contributed by atoms with van der Waals surface area (Å²) in [4.78, 5) is 91.9.